The van der Waals surface area contributed by atoms with Gasteiger partial charge in [0.05, 0.1) is 11.2 Å². The van der Waals surface area contributed by atoms with E-state index < -0.39 is 0 Å². The van der Waals surface area contributed by atoms with E-state index in [1.165, 1.54) is 4.88 Å². The van der Waals surface area contributed by atoms with Crippen LogP contribution in [0.15, 0.2) is 6.20 Å². The lowest BCUT2D eigenvalue weighted by atomic mass is 9.99. The van der Waals surface area contributed by atoms with Gasteiger partial charge in [-0.1, -0.05) is 13.8 Å². The van der Waals surface area contributed by atoms with E-state index in [0.717, 1.165) is 24.8 Å². The molecule has 20 heavy (non-hydrogen) atoms. The summed E-state index contributed by atoms with van der Waals surface area (Å²) in [6, 6.07) is 0.502. The topological polar surface area (TPSA) is 37.4 Å². The molecule has 0 aliphatic carbocycles. The summed E-state index contributed by atoms with van der Waals surface area (Å²) >= 11 is 1.78. The van der Waals surface area contributed by atoms with E-state index in [1.807, 2.05) is 6.20 Å². The van der Waals surface area contributed by atoms with Crippen molar-refractivity contribution in [3.05, 3.63) is 11.1 Å². The minimum Gasteiger partial charge on any atom is -0.366 e. The highest BCUT2D eigenvalue weighted by molar-refractivity contribution is 7.15. The molecule has 1 fully saturated rings. The summed E-state index contributed by atoms with van der Waals surface area (Å²) < 4.78 is 6.12. The van der Waals surface area contributed by atoms with Gasteiger partial charge >= 0.3 is 0 Å². The summed E-state index contributed by atoms with van der Waals surface area (Å²) in [4.78, 5) is 8.24. The fourth-order valence-corrected chi connectivity index (χ4v) is 3.61. The summed E-state index contributed by atoms with van der Waals surface area (Å²) in [5, 5.41) is 4.54. The third-order valence-corrected chi connectivity index (χ3v) is 4.25. The van der Waals surface area contributed by atoms with Gasteiger partial charge in [-0.3, -0.25) is 0 Å². The van der Waals surface area contributed by atoms with Crippen LogP contribution in [-0.4, -0.2) is 35.3 Å². The van der Waals surface area contributed by atoms with Gasteiger partial charge in [0.1, 0.15) is 0 Å². The Hall–Kier alpha value is -0.650. The van der Waals surface area contributed by atoms with Gasteiger partial charge in [0.25, 0.3) is 0 Å². The van der Waals surface area contributed by atoms with Gasteiger partial charge in [-0.05, 0) is 27.7 Å². The molecule has 0 spiro atoms. The standard InChI is InChI=1S/C15H27N3OS/c1-11(2)16-7-12-8-17-13(20-12)18-9-14(3,4)19-15(5,6)10-18/h8,11,16H,7,9-10H2,1-6H3. The molecule has 0 aromatic carbocycles. The van der Waals surface area contributed by atoms with E-state index in [1.54, 1.807) is 11.3 Å². The van der Waals surface area contributed by atoms with Crippen molar-refractivity contribution in [2.45, 2.75) is 65.3 Å². The van der Waals surface area contributed by atoms with Gasteiger partial charge in [0, 0.05) is 36.8 Å². The van der Waals surface area contributed by atoms with Gasteiger partial charge < -0.3 is 15.0 Å². The van der Waals surface area contributed by atoms with Gasteiger partial charge in [-0.25, -0.2) is 4.98 Å². The number of rotatable bonds is 4. The molecule has 0 saturated carbocycles. The molecule has 1 aliphatic heterocycles. The van der Waals surface area contributed by atoms with E-state index in [2.05, 4.69) is 56.7 Å². The molecule has 1 aliphatic rings. The number of nitrogens with zero attached hydrogens (tertiary/aromatic N) is 2. The van der Waals surface area contributed by atoms with Crippen molar-refractivity contribution >= 4 is 16.5 Å². The second-order valence-corrected chi connectivity index (χ2v) is 8.22. The maximum absolute atomic E-state index is 6.12. The maximum atomic E-state index is 6.12. The van der Waals surface area contributed by atoms with E-state index >= 15 is 0 Å². The lowest BCUT2D eigenvalue weighted by molar-refractivity contribution is -0.133. The highest BCUT2D eigenvalue weighted by Gasteiger charge is 2.39. The fraction of sp³-hybridized carbons (Fsp3) is 0.800. The second kappa shape index (κ2) is 5.62. The quantitative estimate of drug-likeness (QED) is 0.927. The zero-order valence-electron chi connectivity index (χ0n) is 13.5. The van der Waals surface area contributed by atoms with Crippen LogP contribution in [0.4, 0.5) is 5.13 Å². The molecule has 0 bridgehead atoms. The summed E-state index contributed by atoms with van der Waals surface area (Å²) in [7, 11) is 0. The fourth-order valence-electron chi connectivity index (χ4n) is 2.75. The summed E-state index contributed by atoms with van der Waals surface area (Å²) in [5.74, 6) is 0. The Balaban J connectivity index is 2.07. The molecular formula is C15H27N3OS. The minimum atomic E-state index is -0.135. The van der Waals surface area contributed by atoms with Crippen LogP contribution in [-0.2, 0) is 11.3 Å². The molecule has 0 unspecified atom stereocenters. The third-order valence-electron chi connectivity index (χ3n) is 3.19. The van der Waals surface area contributed by atoms with E-state index in [0.29, 0.717) is 6.04 Å². The Labute approximate surface area is 126 Å². The Morgan fingerprint density at radius 3 is 2.45 bits per heavy atom. The SMILES string of the molecule is CC(C)NCc1cnc(N2CC(C)(C)OC(C)(C)C2)s1. The first-order valence-electron chi connectivity index (χ1n) is 7.30. The van der Waals surface area contributed by atoms with Crippen LogP contribution in [0.2, 0.25) is 0 Å². The molecule has 5 heteroatoms. The van der Waals surface area contributed by atoms with E-state index in [-0.39, 0.29) is 11.2 Å². The van der Waals surface area contributed by atoms with Gasteiger partial charge in [0.15, 0.2) is 5.13 Å². The minimum absolute atomic E-state index is 0.135. The van der Waals surface area contributed by atoms with Gasteiger partial charge in [-0.15, -0.1) is 11.3 Å². The van der Waals surface area contributed by atoms with E-state index in [9.17, 15) is 0 Å². The summed E-state index contributed by atoms with van der Waals surface area (Å²) in [5.41, 5.74) is -0.270. The zero-order chi connectivity index (χ0) is 15.0. The molecule has 2 heterocycles. The first kappa shape index (κ1) is 15.7. The molecular weight excluding hydrogens is 270 g/mol. The summed E-state index contributed by atoms with van der Waals surface area (Å²) in [6.07, 6.45) is 1.99. The average molecular weight is 297 g/mol. The van der Waals surface area contributed by atoms with Crippen molar-refractivity contribution < 1.29 is 4.74 Å². The van der Waals surface area contributed by atoms with E-state index in [4.69, 9.17) is 4.74 Å². The number of anilines is 1. The predicted octanol–water partition coefficient (Wildman–Crippen LogP) is 3.03. The first-order valence-corrected chi connectivity index (χ1v) is 8.12. The molecule has 0 atom stereocenters. The van der Waals surface area contributed by atoms with Crippen LogP contribution in [0, 0.1) is 0 Å². The van der Waals surface area contributed by atoms with Crippen molar-refractivity contribution in [2.24, 2.45) is 0 Å². The number of hydrogen-bond acceptors (Lipinski definition) is 5. The molecule has 1 aromatic rings. The molecule has 1 aromatic heterocycles. The lowest BCUT2D eigenvalue weighted by Gasteiger charge is -2.47. The Morgan fingerprint density at radius 2 is 1.90 bits per heavy atom. The molecule has 4 nitrogen and oxygen atoms in total. The number of aromatic nitrogens is 1. The summed E-state index contributed by atoms with van der Waals surface area (Å²) in [6.45, 7) is 15.6. The van der Waals surface area contributed by atoms with Crippen LogP contribution < -0.4 is 10.2 Å². The Kier molecular flexibility index (Phi) is 4.42. The molecule has 114 valence electrons. The predicted molar refractivity (Wildman–Crippen MR) is 85.5 cm³/mol. The lowest BCUT2D eigenvalue weighted by Crippen LogP contribution is -2.57. The van der Waals surface area contributed by atoms with Crippen molar-refractivity contribution in [3.63, 3.8) is 0 Å². The number of ether oxygens (including phenoxy) is 1. The van der Waals surface area contributed by atoms with Crippen molar-refractivity contribution in [1.29, 1.82) is 0 Å². The number of thiazole rings is 1. The van der Waals surface area contributed by atoms with Crippen molar-refractivity contribution in [2.75, 3.05) is 18.0 Å². The number of hydrogen-bond donors (Lipinski definition) is 1. The highest BCUT2D eigenvalue weighted by atomic mass is 32.1. The average Bonchev–Trinajstić information content (AvgIpc) is 2.70. The molecule has 1 N–H and O–H groups in total. The molecule has 1 saturated heterocycles. The second-order valence-electron chi connectivity index (χ2n) is 7.12. The first-order chi connectivity index (χ1) is 9.17. The van der Waals surface area contributed by atoms with Crippen LogP contribution in [0.5, 0.6) is 0 Å². The molecule has 0 radical (unpaired) electrons. The normalized spacial score (nSPS) is 21.4. The highest BCUT2D eigenvalue weighted by Crippen LogP contribution is 2.33. The number of nitrogens with one attached hydrogen (secondary N) is 1. The van der Waals surface area contributed by atoms with Crippen molar-refractivity contribution in [1.82, 2.24) is 10.3 Å². The third kappa shape index (κ3) is 4.17. The Bertz CT molecular complexity index is 438. The van der Waals surface area contributed by atoms with Crippen LogP contribution in [0.3, 0.4) is 0 Å². The maximum Gasteiger partial charge on any atom is 0.185 e. The molecule has 2 rings (SSSR count). The van der Waals surface area contributed by atoms with Gasteiger partial charge in [-0.2, -0.15) is 0 Å². The van der Waals surface area contributed by atoms with Gasteiger partial charge in [0.2, 0.25) is 0 Å². The largest absolute Gasteiger partial charge is 0.366 e. The Morgan fingerprint density at radius 1 is 1.30 bits per heavy atom. The number of morpholine rings is 1. The van der Waals surface area contributed by atoms with Crippen LogP contribution in [0.25, 0.3) is 0 Å². The monoisotopic (exact) mass is 297 g/mol. The molecule has 0 amide bonds. The van der Waals surface area contributed by atoms with Crippen LogP contribution >= 0.6 is 11.3 Å². The van der Waals surface area contributed by atoms with Crippen molar-refractivity contribution in [3.8, 4) is 0 Å². The smallest absolute Gasteiger partial charge is 0.185 e. The zero-order valence-corrected chi connectivity index (χ0v) is 14.3. The van der Waals surface area contributed by atoms with Crippen LogP contribution in [0.1, 0.15) is 46.4 Å².